The largest absolute Gasteiger partial charge is 0.381 e. The maximum Gasteiger partial charge on any atom is 0.0537 e. The molecule has 1 aromatic heterocycles. The maximum atomic E-state index is 5.60. The Morgan fingerprint density at radius 1 is 1.21 bits per heavy atom. The monoisotopic (exact) mass is 267 g/mol. The minimum absolute atomic E-state index is 0.363. The molecule has 1 unspecified atom stereocenters. The summed E-state index contributed by atoms with van der Waals surface area (Å²) in [6.45, 7) is 10.2. The molecule has 0 aromatic carbocycles. The van der Waals surface area contributed by atoms with E-state index in [1.165, 1.54) is 5.56 Å². The Kier molecular flexibility index (Phi) is 8.50. The molecule has 19 heavy (non-hydrogen) atoms. The highest BCUT2D eigenvalue weighted by atomic mass is 16.5. The van der Waals surface area contributed by atoms with Gasteiger partial charge in [-0.05, 0) is 32.2 Å². The zero-order chi connectivity index (χ0) is 13.9. The molecule has 0 amide bonds. The zero-order valence-corrected chi connectivity index (χ0v) is 12.7. The van der Waals surface area contributed by atoms with Crippen molar-refractivity contribution < 1.29 is 4.74 Å². The average Bonchev–Trinajstić information content (AvgIpc) is 2.87. The fourth-order valence-electron chi connectivity index (χ4n) is 2.06. The third kappa shape index (κ3) is 6.21. The van der Waals surface area contributed by atoms with E-state index in [1.54, 1.807) is 0 Å². The molecule has 1 N–H and O–H groups in total. The van der Waals surface area contributed by atoms with Crippen LogP contribution in [-0.4, -0.2) is 29.5 Å². The predicted octanol–water partition coefficient (Wildman–Crippen LogP) is 3.15. The van der Waals surface area contributed by atoms with Gasteiger partial charge in [0, 0.05) is 37.6 Å². The molecule has 4 heteroatoms. The number of nitrogens with one attached hydrogen (secondary N) is 1. The van der Waals surface area contributed by atoms with Gasteiger partial charge in [-0.25, -0.2) is 0 Å². The summed E-state index contributed by atoms with van der Waals surface area (Å²) in [6, 6.07) is 0.363. The molecule has 1 heterocycles. The van der Waals surface area contributed by atoms with E-state index in [0.29, 0.717) is 6.04 Å². The summed E-state index contributed by atoms with van der Waals surface area (Å²) in [5.74, 6) is 0. The van der Waals surface area contributed by atoms with Gasteiger partial charge in [0.25, 0.3) is 0 Å². The highest BCUT2D eigenvalue weighted by Crippen LogP contribution is 2.16. The van der Waals surface area contributed by atoms with E-state index in [2.05, 4.69) is 37.4 Å². The fraction of sp³-hybridized carbons (Fsp3) is 0.800. The number of ether oxygens (including phenoxy) is 1. The van der Waals surface area contributed by atoms with Crippen LogP contribution < -0.4 is 5.32 Å². The first-order chi connectivity index (χ1) is 9.31. The molecule has 110 valence electrons. The lowest BCUT2D eigenvalue weighted by molar-refractivity contribution is 0.124. The van der Waals surface area contributed by atoms with Gasteiger partial charge in [-0.1, -0.05) is 20.8 Å². The SMILES string of the molecule is CCCNC(CCOCCC)c1cnn(CCC)c1. The Balaban J connectivity index is 2.50. The van der Waals surface area contributed by atoms with Gasteiger partial charge < -0.3 is 10.1 Å². The first kappa shape index (κ1) is 16.2. The molecule has 1 aromatic rings. The molecule has 1 rings (SSSR count). The van der Waals surface area contributed by atoms with Gasteiger partial charge in [-0.3, -0.25) is 4.68 Å². The number of hydrogen-bond acceptors (Lipinski definition) is 3. The van der Waals surface area contributed by atoms with E-state index >= 15 is 0 Å². The number of rotatable bonds is 11. The molecule has 0 saturated heterocycles. The van der Waals surface area contributed by atoms with Gasteiger partial charge in [-0.2, -0.15) is 5.10 Å². The topological polar surface area (TPSA) is 39.1 Å². The van der Waals surface area contributed by atoms with Crippen LogP contribution in [0.4, 0.5) is 0 Å². The van der Waals surface area contributed by atoms with Crippen LogP contribution in [0.15, 0.2) is 12.4 Å². The number of hydrogen-bond donors (Lipinski definition) is 1. The van der Waals surface area contributed by atoms with Crippen LogP contribution in [0.25, 0.3) is 0 Å². The molecule has 4 nitrogen and oxygen atoms in total. The van der Waals surface area contributed by atoms with Crippen LogP contribution in [0.1, 0.15) is 58.1 Å². The second-order valence-corrected chi connectivity index (χ2v) is 4.94. The number of nitrogens with zero attached hydrogens (tertiary/aromatic N) is 2. The van der Waals surface area contributed by atoms with Gasteiger partial charge in [0.05, 0.1) is 6.20 Å². The summed E-state index contributed by atoms with van der Waals surface area (Å²) < 4.78 is 7.63. The Bertz CT molecular complexity index is 325. The zero-order valence-electron chi connectivity index (χ0n) is 12.7. The smallest absolute Gasteiger partial charge is 0.0537 e. The van der Waals surface area contributed by atoms with Crippen molar-refractivity contribution in [3.8, 4) is 0 Å². The molecule has 1 atom stereocenters. The van der Waals surface area contributed by atoms with Crippen LogP contribution in [0, 0.1) is 0 Å². The van der Waals surface area contributed by atoms with E-state index in [-0.39, 0.29) is 0 Å². The van der Waals surface area contributed by atoms with Gasteiger partial charge in [-0.15, -0.1) is 0 Å². The quantitative estimate of drug-likeness (QED) is 0.626. The molecule has 0 radical (unpaired) electrons. The van der Waals surface area contributed by atoms with Crippen molar-refractivity contribution in [2.75, 3.05) is 19.8 Å². The second-order valence-electron chi connectivity index (χ2n) is 4.94. The van der Waals surface area contributed by atoms with Gasteiger partial charge >= 0.3 is 0 Å². The number of aromatic nitrogens is 2. The van der Waals surface area contributed by atoms with Crippen LogP contribution in [0.3, 0.4) is 0 Å². The lowest BCUT2D eigenvalue weighted by Gasteiger charge is -2.17. The van der Waals surface area contributed by atoms with Gasteiger partial charge in [0.2, 0.25) is 0 Å². The molecular weight excluding hydrogens is 238 g/mol. The van der Waals surface area contributed by atoms with Crippen LogP contribution in [0.5, 0.6) is 0 Å². The van der Waals surface area contributed by atoms with Crippen molar-refractivity contribution in [1.29, 1.82) is 0 Å². The van der Waals surface area contributed by atoms with Crippen molar-refractivity contribution >= 4 is 0 Å². The molecule has 0 fully saturated rings. The Labute approximate surface area is 117 Å². The molecule has 0 spiro atoms. The molecular formula is C15H29N3O. The molecule has 0 aliphatic carbocycles. The first-order valence-electron chi connectivity index (χ1n) is 7.65. The fourth-order valence-corrected chi connectivity index (χ4v) is 2.06. The number of aryl methyl sites for hydroxylation is 1. The van der Waals surface area contributed by atoms with Crippen molar-refractivity contribution in [1.82, 2.24) is 15.1 Å². The molecule has 0 bridgehead atoms. The van der Waals surface area contributed by atoms with Crippen molar-refractivity contribution in [2.45, 2.75) is 59.0 Å². The van der Waals surface area contributed by atoms with Crippen molar-refractivity contribution in [3.05, 3.63) is 18.0 Å². The third-order valence-electron chi connectivity index (χ3n) is 3.05. The summed E-state index contributed by atoms with van der Waals surface area (Å²) in [5.41, 5.74) is 1.28. The molecule has 0 aliphatic heterocycles. The van der Waals surface area contributed by atoms with Crippen LogP contribution in [-0.2, 0) is 11.3 Å². The molecule has 0 saturated carbocycles. The summed E-state index contributed by atoms with van der Waals surface area (Å²) in [7, 11) is 0. The van der Waals surface area contributed by atoms with E-state index in [0.717, 1.165) is 52.0 Å². The molecule has 0 aliphatic rings. The van der Waals surface area contributed by atoms with E-state index in [1.807, 2.05) is 10.9 Å². The summed E-state index contributed by atoms with van der Waals surface area (Å²) >= 11 is 0. The van der Waals surface area contributed by atoms with E-state index < -0.39 is 0 Å². The Morgan fingerprint density at radius 2 is 2.05 bits per heavy atom. The first-order valence-corrected chi connectivity index (χ1v) is 7.65. The van der Waals surface area contributed by atoms with Crippen LogP contribution in [0.2, 0.25) is 0 Å². The summed E-state index contributed by atoms with van der Waals surface area (Å²) in [6.07, 6.45) is 8.52. The standard InChI is InChI=1S/C15H29N3O/c1-4-8-16-15(7-11-19-10-6-3)14-12-17-18(13-14)9-5-2/h12-13,15-16H,4-11H2,1-3H3. The van der Waals surface area contributed by atoms with Crippen molar-refractivity contribution in [2.24, 2.45) is 0 Å². The third-order valence-corrected chi connectivity index (χ3v) is 3.05. The normalized spacial score (nSPS) is 12.8. The Morgan fingerprint density at radius 3 is 2.74 bits per heavy atom. The predicted molar refractivity (Wildman–Crippen MR) is 79.3 cm³/mol. The average molecular weight is 267 g/mol. The van der Waals surface area contributed by atoms with E-state index in [4.69, 9.17) is 4.74 Å². The summed E-state index contributed by atoms with van der Waals surface area (Å²) in [5, 5.41) is 8.00. The highest BCUT2D eigenvalue weighted by molar-refractivity contribution is 5.10. The van der Waals surface area contributed by atoms with Gasteiger partial charge in [0.15, 0.2) is 0 Å². The maximum absolute atomic E-state index is 5.60. The van der Waals surface area contributed by atoms with Gasteiger partial charge in [0.1, 0.15) is 0 Å². The minimum atomic E-state index is 0.363. The highest BCUT2D eigenvalue weighted by Gasteiger charge is 2.12. The van der Waals surface area contributed by atoms with Crippen LogP contribution >= 0.6 is 0 Å². The second kappa shape index (κ2) is 9.98. The van der Waals surface area contributed by atoms with E-state index in [9.17, 15) is 0 Å². The minimum Gasteiger partial charge on any atom is -0.381 e. The lowest BCUT2D eigenvalue weighted by atomic mass is 10.1. The lowest BCUT2D eigenvalue weighted by Crippen LogP contribution is -2.23. The van der Waals surface area contributed by atoms with Crippen molar-refractivity contribution in [3.63, 3.8) is 0 Å². The Hall–Kier alpha value is -0.870. The summed E-state index contributed by atoms with van der Waals surface area (Å²) in [4.78, 5) is 0.